The molecule has 2 amide bonds. The fourth-order valence-electron chi connectivity index (χ4n) is 10.3. The minimum atomic E-state index is -2.40. The first kappa shape index (κ1) is 41.0. The van der Waals surface area contributed by atoms with Crippen LogP contribution in [0.3, 0.4) is 0 Å². The first-order valence-electron chi connectivity index (χ1n) is 21.0. The molecule has 1 saturated heterocycles. The highest BCUT2D eigenvalue weighted by Crippen LogP contribution is 2.60. The van der Waals surface area contributed by atoms with Gasteiger partial charge in [0.2, 0.25) is 5.91 Å². The molecule has 5 aromatic carbocycles. The van der Waals surface area contributed by atoms with Crippen molar-refractivity contribution in [1.29, 1.82) is 0 Å². The molecule has 1 N–H and O–H groups in total. The quantitative estimate of drug-likeness (QED) is 0.123. The minimum absolute atomic E-state index is 0.0302. The van der Waals surface area contributed by atoms with Crippen molar-refractivity contribution in [1.82, 2.24) is 15.0 Å². The van der Waals surface area contributed by atoms with Crippen LogP contribution in [0.2, 0.25) is 18.6 Å². The molecule has 0 aliphatic carbocycles. The fourth-order valence-corrected chi connectivity index (χ4v) is 14.7. The van der Waals surface area contributed by atoms with Gasteiger partial charge in [-0.3, -0.25) is 19.2 Å². The van der Waals surface area contributed by atoms with E-state index in [1.807, 2.05) is 118 Å². The van der Waals surface area contributed by atoms with E-state index in [0.717, 1.165) is 56.0 Å². The number of halogens is 1. The molecule has 1 fully saturated rings. The number of anilines is 3. The van der Waals surface area contributed by atoms with E-state index in [9.17, 15) is 9.90 Å². The van der Waals surface area contributed by atoms with Gasteiger partial charge in [-0.05, 0) is 83.6 Å². The number of carbonyl (C=O) groups excluding carboxylic acids is 2. The van der Waals surface area contributed by atoms with Gasteiger partial charge in [0.15, 0.2) is 5.60 Å². The lowest BCUT2D eigenvalue weighted by atomic mass is 9.82. The fraction of sp³-hybridized carbons (Fsp3) is 0.306. The predicted octanol–water partition coefficient (Wildman–Crippen LogP) is 8.64. The second-order valence-electron chi connectivity index (χ2n) is 17.1. The molecule has 1 unspecified atom stereocenters. The van der Waals surface area contributed by atoms with Crippen LogP contribution in [0.15, 0.2) is 132 Å². The van der Waals surface area contributed by atoms with Crippen molar-refractivity contribution < 1.29 is 24.2 Å². The van der Waals surface area contributed by atoms with E-state index in [4.69, 9.17) is 9.47 Å². The summed E-state index contributed by atoms with van der Waals surface area (Å²) in [4.78, 5) is 32.6. The molecule has 1 spiro atoms. The van der Waals surface area contributed by atoms with Crippen LogP contribution in [0.5, 0.6) is 5.75 Å². The van der Waals surface area contributed by atoms with Crippen LogP contribution in [0, 0.1) is 5.92 Å². The lowest BCUT2D eigenvalue weighted by Crippen LogP contribution is -2.51. The van der Waals surface area contributed by atoms with Gasteiger partial charge >= 0.3 is 0 Å². The molecule has 0 radical (unpaired) electrons. The lowest BCUT2D eigenvalue weighted by molar-refractivity contribution is -0.146. The third-order valence-corrected chi connectivity index (χ3v) is 18.2. The summed E-state index contributed by atoms with van der Waals surface area (Å²) in [6.07, 6.45) is 3.39. The Hall–Kier alpha value is -5.40. The molecule has 6 aromatic rings. The summed E-state index contributed by atoms with van der Waals surface area (Å²) in [7, 11) is -0.726. The predicted molar refractivity (Wildman–Crippen MR) is 243 cm³/mol. The number of methoxy groups -OCH3 is 1. The second-order valence-corrected chi connectivity index (χ2v) is 22.7. The number of carbonyl (C=O) groups is 2. The Balaban J connectivity index is 1.06. The Morgan fingerprint density at radius 1 is 0.918 bits per heavy atom. The molecule has 12 heteroatoms. The average molecular weight is 897 g/mol. The summed E-state index contributed by atoms with van der Waals surface area (Å²) in [5.74, 6) is 0.298. The summed E-state index contributed by atoms with van der Waals surface area (Å²) < 4.78 is 15.7. The molecule has 1 aromatic heterocycles. The van der Waals surface area contributed by atoms with Crippen molar-refractivity contribution >= 4 is 58.1 Å². The van der Waals surface area contributed by atoms with Crippen molar-refractivity contribution in [2.24, 2.45) is 5.92 Å². The minimum Gasteiger partial charge on any atom is -0.497 e. The number of fused-ring (bicyclic) bond motifs is 3. The number of rotatable bonds is 12. The van der Waals surface area contributed by atoms with Gasteiger partial charge in [0.1, 0.15) is 5.75 Å². The number of benzene rings is 5. The molecule has 0 bridgehead atoms. The average Bonchev–Trinajstić information content (AvgIpc) is 3.93. The van der Waals surface area contributed by atoms with Gasteiger partial charge in [0.25, 0.3) is 5.91 Å². The summed E-state index contributed by atoms with van der Waals surface area (Å²) in [6, 6.07) is 40.4. The van der Waals surface area contributed by atoms with Crippen LogP contribution in [0.25, 0.3) is 0 Å². The molecule has 5 atom stereocenters. The van der Waals surface area contributed by atoms with Gasteiger partial charge in [-0.2, -0.15) is 0 Å². The largest absolute Gasteiger partial charge is 0.497 e. The van der Waals surface area contributed by atoms with E-state index in [0.29, 0.717) is 31.6 Å². The van der Waals surface area contributed by atoms with E-state index >= 15 is 4.79 Å². The zero-order chi connectivity index (χ0) is 42.5. The van der Waals surface area contributed by atoms with Crippen molar-refractivity contribution in [3.05, 3.63) is 160 Å². The number of aliphatic hydroxyl groups is 1. The van der Waals surface area contributed by atoms with E-state index < -0.39 is 13.7 Å². The topological polar surface area (TPSA) is 110 Å². The molecule has 10 nitrogen and oxygen atoms in total. The van der Waals surface area contributed by atoms with Crippen molar-refractivity contribution in [3.8, 4) is 5.75 Å². The summed E-state index contributed by atoms with van der Waals surface area (Å²) in [6.45, 7) is 7.72. The second kappa shape index (κ2) is 16.5. The van der Waals surface area contributed by atoms with Gasteiger partial charge in [-0.1, -0.05) is 119 Å². The van der Waals surface area contributed by atoms with Crippen molar-refractivity contribution in [3.63, 3.8) is 0 Å². The third kappa shape index (κ3) is 7.22. The Bertz CT molecular complexity index is 2580. The van der Waals surface area contributed by atoms with Crippen LogP contribution in [0.1, 0.15) is 53.6 Å². The monoisotopic (exact) mass is 895 g/mol. The SMILES string of the molecule is COc1ccc([Si](C)(C)[C@H]2[C@H](CCn3cc(C(CO)c4ccccc4)nn3)O[C@@]3(C(=O)N(Cc4cccc(N5C(=O)CCc6ccccc65)c4)c4ccc(Br)cc43)[C@@H]2C)cc1. The first-order valence-corrected chi connectivity index (χ1v) is 24.9. The van der Waals surface area contributed by atoms with Crippen LogP contribution < -0.4 is 19.7 Å². The molecule has 312 valence electrons. The van der Waals surface area contributed by atoms with Crippen LogP contribution in [0.4, 0.5) is 17.1 Å². The number of nitrogens with zero attached hydrogens (tertiary/aromatic N) is 5. The van der Waals surface area contributed by atoms with E-state index in [1.165, 1.54) is 5.19 Å². The highest BCUT2D eigenvalue weighted by molar-refractivity contribution is 9.10. The highest BCUT2D eigenvalue weighted by atomic mass is 79.9. The number of para-hydroxylation sites is 1. The normalized spacial score (nSPS) is 21.5. The van der Waals surface area contributed by atoms with E-state index in [2.05, 4.69) is 70.5 Å². The summed E-state index contributed by atoms with van der Waals surface area (Å²) in [5.41, 5.74) is 5.90. The molecule has 3 aliphatic heterocycles. The van der Waals surface area contributed by atoms with Crippen molar-refractivity contribution in [2.45, 2.75) is 75.5 Å². The number of amides is 2. The maximum atomic E-state index is 15.5. The molecular weight excluding hydrogens is 847 g/mol. The van der Waals surface area contributed by atoms with Crippen LogP contribution in [-0.4, -0.2) is 59.8 Å². The number of hydrogen-bond acceptors (Lipinski definition) is 7. The maximum Gasteiger partial charge on any atom is 0.264 e. The van der Waals surface area contributed by atoms with Gasteiger partial charge in [0.05, 0.1) is 57.4 Å². The van der Waals surface area contributed by atoms with Gasteiger partial charge in [-0.15, -0.1) is 5.10 Å². The van der Waals surface area contributed by atoms with Crippen molar-refractivity contribution in [2.75, 3.05) is 23.5 Å². The summed E-state index contributed by atoms with van der Waals surface area (Å²) in [5, 5.41) is 20.6. The smallest absolute Gasteiger partial charge is 0.264 e. The Labute approximate surface area is 366 Å². The molecule has 4 heterocycles. The number of hydrogen-bond donors (Lipinski definition) is 1. The molecule has 9 rings (SSSR count). The first-order chi connectivity index (χ1) is 29.5. The van der Waals surface area contributed by atoms with Gasteiger partial charge < -0.3 is 19.5 Å². The third-order valence-electron chi connectivity index (χ3n) is 13.3. The summed E-state index contributed by atoms with van der Waals surface area (Å²) >= 11 is 3.75. The molecule has 3 aliphatic rings. The Morgan fingerprint density at radius 3 is 2.46 bits per heavy atom. The molecular formula is C49H50BrN5O5Si. The van der Waals surface area contributed by atoms with Crippen LogP contribution in [-0.2, 0) is 39.4 Å². The zero-order valence-corrected chi connectivity index (χ0v) is 37.5. The molecule has 0 saturated carbocycles. The Morgan fingerprint density at radius 2 is 1.69 bits per heavy atom. The highest BCUT2D eigenvalue weighted by Gasteiger charge is 2.66. The lowest BCUT2D eigenvalue weighted by Gasteiger charge is -2.37. The van der Waals surface area contributed by atoms with E-state index in [1.54, 1.807) is 7.11 Å². The standard InChI is InChI=1S/C49H50BrN5O5Si/c1-32-47(61(3,4)39-21-19-38(59-2)20-22-39)45(25-26-53-30-42(51-52-53)40(31-56)34-12-6-5-7-13-34)60-49(32)41-28-36(50)18-23-44(41)54(48(49)58)29-33-11-10-15-37(27-33)55-43-16-9-8-14-35(43)17-24-46(55)57/h5-16,18-23,27-28,30,32,40,45,47,56H,17,24-26,29,31H2,1-4H3/t32-,40?,45+,47-,49+/m1/s1. The maximum absolute atomic E-state index is 15.5. The number of ether oxygens (including phenoxy) is 2. The van der Waals surface area contributed by atoms with Crippen LogP contribution >= 0.6 is 15.9 Å². The number of aromatic nitrogens is 3. The molecule has 61 heavy (non-hydrogen) atoms. The number of aliphatic hydroxyl groups excluding tert-OH is 1. The van der Waals surface area contributed by atoms with Gasteiger partial charge in [-0.25, -0.2) is 0 Å². The van der Waals surface area contributed by atoms with E-state index in [-0.39, 0.29) is 41.9 Å². The number of aryl methyl sites for hydroxylation is 2. The van der Waals surface area contributed by atoms with Gasteiger partial charge in [0, 0.05) is 40.8 Å². The zero-order valence-electron chi connectivity index (χ0n) is 34.9. The Kier molecular flexibility index (Phi) is 11.1.